The van der Waals surface area contributed by atoms with E-state index in [9.17, 15) is 29.1 Å². The Morgan fingerprint density at radius 2 is 0.747 bits per heavy atom. The lowest BCUT2D eigenvalue weighted by molar-refractivity contribution is -0.143. The van der Waals surface area contributed by atoms with Crippen LogP contribution in [0.4, 0.5) is 9.59 Å². The first-order valence-corrected chi connectivity index (χ1v) is 32.5. The van der Waals surface area contributed by atoms with Gasteiger partial charge in [-0.15, -0.1) is 0 Å². The van der Waals surface area contributed by atoms with Crippen molar-refractivity contribution in [3.8, 4) is 0 Å². The fourth-order valence-electron chi connectivity index (χ4n) is 10.3. The molecule has 3 atom stereocenters. The van der Waals surface area contributed by atoms with E-state index >= 15 is 0 Å². The Morgan fingerprint density at radius 1 is 0.468 bits per heavy atom. The summed E-state index contributed by atoms with van der Waals surface area (Å²) in [5, 5.41) is 12.1. The van der Waals surface area contributed by atoms with Crippen LogP contribution in [0.3, 0.4) is 0 Å². The van der Waals surface area contributed by atoms with Gasteiger partial charge < -0.3 is 28.7 Å². The summed E-state index contributed by atoms with van der Waals surface area (Å²) in [5.74, 6) is -0.616. The van der Waals surface area contributed by atoms with E-state index in [2.05, 4.69) is 128 Å². The molecule has 0 aliphatic rings. The summed E-state index contributed by atoms with van der Waals surface area (Å²) in [6.07, 6.45) is 0.0992. The van der Waals surface area contributed by atoms with Crippen LogP contribution in [0.15, 0.2) is 91.0 Å². The minimum atomic E-state index is -2.66. The number of benzene rings is 3. The molecule has 79 heavy (non-hydrogen) atoms. The largest absolute Gasteiger partial charge is 0.517 e. The Hall–Kier alpha value is -5.00. The molecular weight excluding hydrogens is 1030 g/mol. The molecule has 2 amide bonds. The predicted molar refractivity (Wildman–Crippen MR) is 328 cm³/mol. The maximum Gasteiger partial charge on any atom is 0.410 e. The fraction of sp³-hybridized carbons (Fsp3) is 0.641. The highest BCUT2D eigenvalue weighted by Gasteiger charge is 2.59. The van der Waals surface area contributed by atoms with Crippen molar-refractivity contribution in [2.24, 2.45) is 11.8 Å². The number of carbonyl (C=O) groups excluding carboxylic acids is 4. The van der Waals surface area contributed by atoms with Gasteiger partial charge in [0.2, 0.25) is 0 Å². The van der Waals surface area contributed by atoms with E-state index in [4.69, 9.17) is 18.3 Å². The van der Waals surface area contributed by atoms with Gasteiger partial charge in [-0.25, -0.2) is 14.4 Å². The van der Waals surface area contributed by atoms with Crippen molar-refractivity contribution in [2.75, 3.05) is 21.1 Å². The van der Waals surface area contributed by atoms with Gasteiger partial charge in [-0.1, -0.05) is 202 Å². The number of nitrogens with zero attached hydrogens (tertiary/aromatic N) is 2. The molecule has 0 bridgehead atoms. The van der Waals surface area contributed by atoms with Gasteiger partial charge in [0.05, 0.1) is 0 Å². The van der Waals surface area contributed by atoms with Crippen LogP contribution < -0.4 is 5.32 Å². The van der Waals surface area contributed by atoms with Gasteiger partial charge in [-0.05, 0) is 116 Å². The number of likely N-dealkylation sites (N-methyl/N-ethyl adjacent to an activating group) is 3. The van der Waals surface area contributed by atoms with Gasteiger partial charge in [0.15, 0.2) is 0 Å². The molecule has 0 spiro atoms. The molecule has 0 fully saturated rings. The second-order valence-electron chi connectivity index (χ2n) is 28.2. The Kier molecular flexibility index (Phi) is 27.0. The number of hydrogen-bond acceptors (Lipinski definition) is 10. The third-order valence-electron chi connectivity index (χ3n) is 14.1. The first kappa shape index (κ1) is 72.0. The summed E-state index contributed by atoms with van der Waals surface area (Å²) >= 11 is 0. The maximum absolute atomic E-state index is 13.9. The summed E-state index contributed by atoms with van der Waals surface area (Å²) in [6, 6.07) is 28.9. The van der Waals surface area contributed by atoms with Gasteiger partial charge in [0.25, 0.3) is 16.6 Å². The van der Waals surface area contributed by atoms with Crippen molar-refractivity contribution in [1.82, 2.24) is 15.1 Å². The van der Waals surface area contributed by atoms with E-state index < -0.39 is 58.1 Å². The molecule has 0 heterocycles. The van der Waals surface area contributed by atoms with E-state index in [1.54, 1.807) is 27.8 Å². The Bertz CT molecular complexity index is 2310. The number of amides is 2. The molecule has 0 saturated carbocycles. The highest BCUT2D eigenvalue weighted by atomic mass is 28.4. The zero-order valence-corrected chi connectivity index (χ0v) is 55.6. The minimum Gasteiger partial charge on any atom is -0.517 e. The molecule has 0 aromatic heterocycles. The normalized spacial score (nSPS) is 13.8. The van der Waals surface area contributed by atoms with Crippen molar-refractivity contribution >= 4 is 46.7 Å². The summed E-state index contributed by atoms with van der Waals surface area (Å²) in [5.41, 5.74) is 1.67. The molecular formula is C64H107N3O10Si2. The van der Waals surface area contributed by atoms with Crippen LogP contribution in [0.25, 0.3) is 0 Å². The molecule has 3 aromatic rings. The topological polar surface area (TPSA) is 161 Å². The molecule has 446 valence electrons. The highest BCUT2D eigenvalue weighted by Crippen LogP contribution is 2.56. The Balaban J connectivity index is 0.000000611. The van der Waals surface area contributed by atoms with Crippen LogP contribution in [0.5, 0.6) is 0 Å². The fourth-order valence-corrected chi connectivity index (χ4v) is 21.9. The lowest BCUT2D eigenvalue weighted by Gasteiger charge is -2.51. The summed E-state index contributed by atoms with van der Waals surface area (Å²) < 4.78 is 24.0. The quantitative estimate of drug-likeness (QED) is 0.117. The van der Waals surface area contributed by atoms with Crippen LogP contribution in [-0.2, 0) is 52.0 Å². The minimum absolute atomic E-state index is 0.0315. The van der Waals surface area contributed by atoms with Gasteiger partial charge in [0, 0.05) is 26.9 Å². The van der Waals surface area contributed by atoms with Crippen molar-refractivity contribution in [1.29, 1.82) is 0 Å². The number of carboxylic acids is 1. The molecule has 3 rings (SSSR count). The molecule has 3 aromatic carbocycles. The predicted octanol–water partition coefficient (Wildman–Crippen LogP) is 15.3. The summed E-state index contributed by atoms with van der Waals surface area (Å²) in [6.45, 7) is 46.1. The standard InChI is InChI=1S/C27H47NO4Si.C22H39NO2Si.C15H21NO4/c1-20(2)19-33(26(6,7)8,27(9,10)11)32-23(29)22(18-21-16-14-13-15-17-21)28(12)24(30)31-25(3,4)5;1-17(2)16-26(21(3,4)5,22(6,7)8)25-20(24)19(23-9)15-18-13-11-10-12-14-18;1-15(2,3)20-14(19)16(4)12(13(17)18)10-11-8-6-5-7-9-11/h13-17,20,22H,18-19H2,1-12H3;10-14,17,19,23H,15-16H2,1-9H3;5-9,12H,10H2,1-4H3,(H,17,18)/t22-;19-;12-/m000/s1. The second-order valence-corrected chi connectivity index (χ2v) is 38.7. The van der Waals surface area contributed by atoms with Gasteiger partial charge in [0.1, 0.15) is 29.3 Å². The molecule has 0 unspecified atom stereocenters. The smallest absolute Gasteiger partial charge is 0.410 e. The van der Waals surface area contributed by atoms with Crippen molar-refractivity contribution in [2.45, 2.75) is 233 Å². The van der Waals surface area contributed by atoms with Gasteiger partial charge in [-0.3, -0.25) is 19.4 Å². The van der Waals surface area contributed by atoms with Crippen LogP contribution in [-0.4, -0.2) is 112 Å². The van der Waals surface area contributed by atoms with Crippen LogP contribution in [0, 0.1) is 11.8 Å². The number of rotatable bonds is 18. The third-order valence-corrected chi connectivity index (χ3v) is 27.7. The van der Waals surface area contributed by atoms with E-state index in [1.165, 1.54) is 11.9 Å². The lowest BCUT2D eigenvalue weighted by Crippen LogP contribution is -2.59. The first-order chi connectivity index (χ1) is 35.8. The van der Waals surface area contributed by atoms with Crippen molar-refractivity contribution in [3.63, 3.8) is 0 Å². The summed E-state index contributed by atoms with van der Waals surface area (Å²) in [4.78, 5) is 65.9. The van der Waals surface area contributed by atoms with Crippen LogP contribution >= 0.6 is 0 Å². The third kappa shape index (κ3) is 22.8. The molecule has 0 aliphatic heterocycles. The SMILES string of the molecule is CC(C)C[Si](OC(=O)[C@H](Cc1ccccc1)N(C)C(=O)OC(C)(C)C)(C(C)(C)C)C(C)(C)C.CN(C(=O)OC(C)(C)C)[C@@H](Cc1ccccc1)C(=O)O.CN[C@@H](Cc1ccccc1)C(=O)O[Si](CC(C)C)(C(C)(C)C)C(C)(C)C. The monoisotopic (exact) mass is 1130 g/mol. The van der Waals surface area contributed by atoms with E-state index in [-0.39, 0.29) is 44.6 Å². The Labute approximate surface area is 480 Å². The van der Waals surface area contributed by atoms with Gasteiger partial charge in [-0.2, -0.15) is 0 Å². The molecule has 2 N–H and O–H groups in total. The van der Waals surface area contributed by atoms with Crippen molar-refractivity contribution < 1.29 is 47.4 Å². The zero-order chi connectivity index (χ0) is 61.3. The molecule has 13 nitrogen and oxygen atoms in total. The molecule has 0 radical (unpaired) electrons. The van der Waals surface area contributed by atoms with Crippen LogP contribution in [0.2, 0.25) is 32.2 Å². The van der Waals surface area contributed by atoms with Gasteiger partial charge >= 0.3 is 30.1 Å². The number of nitrogens with one attached hydrogen (secondary N) is 1. The average Bonchev–Trinajstić information content (AvgIpc) is 3.29. The number of ether oxygens (including phenoxy) is 2. The zero-order valence-electron chi connectivity index (χ0n) is 53.6. The van der Waals surface area contributed by atoms with Crippen molar-refractivity contribution in [3.05, 3.63) is 108 Å². The van der Waals surface area contributed by atoms with E-state index in [0.717, 1.165) is 33.7 Å². The number of carboxylic acid groups (broad SMARTS) is 1. The molecule has 0 saturated heterocycles. The average molecular weight is 1130 g/mol. The highest BCUT2D eigenvalue weighted by molar-refractivity contribution is 6.81. The second kappa shape index (κ2) is 29.6. The first-order valence-electron chi connectivity index (χ1n) is 28.2. The van der Waals surface area contributed by atoms with Crippen LogP contribution in [0.1, 0.15) is 169 Å². The lowest BCUT2D eigenvalue weighted by atomic mass is 10.1. The molecule has 15 heteroatoms. The molecule has 0 aliphatic carbocycles. The number of aliphatic carboxylic acids is 1. The Morgan fingerprint density at radius 3 is 1.01 bits per heavy atom. The number of hydrogen-bond donors (Lipinski definition) is 2. The van der Waals surface area contributed by atoms with E-state index in [0.29, 0.717) is 24.7 Å². The number of carbonyl (C=O) groups is 5. The van der Waals surface area contributed by atoms with E-state index in [1.807, 2.05) is 107 Å². The summed E-state index contributed by atoms with van der Waals surface area (Å²) in [7, 11) is -0.161. The maximum atomic E-state index is 13.9.